The summed E-state index contributed by atoms with van der Waals surface area (Å²) >= 11 is 0. The average Bonchev–Trinajstić information content (AvgIpc) is 3.20. The van der Waals surface area contributed by atoms with Gasteiger partial charge in [-0.1, -0.05) is 60.7 Å². The van der Waals surface area contributed by atoms with Gasteiger partial charge >= 0.3 is 0 Å². The molecular weight excluding hydrogens is 382 g/mol. The molecule has 0 fully saturated rings. The highest BCUT2D eigenvalue weighted by atomic mass is 16.5. The Hall–Kier alpha value is -3.98. The summed E-state index contributed by atoms with van der Waals surface area (Å²) in [5, 5.41) is 1.16. The minimum absolute atomic E-state index is 0.804. The first-order valence-electron chi connectivity index (χ1n) is 10.5. The Kier molecular flexibility index (Phi) is 3.14. The highest BCUT2D eigenvalue weighted by Crippen LogP contribution is 2.59. The van der Waals surface area contributed by atoms with Gasteiger partial charge in [-0.3, -0.25) is 0 Å². The van der Waals surface area contributed by atoms with Crippen LogP contribution in [0.5, 0.6) is 17.2 Å². The molecule has 1 unspecified atom stereocenters. The minimum atomic E-state index is -0.804. The van der Waals surface area contributed by atoms with Gasteiger partial charge in [0, 0.05) is 33.2 Å². The quantitative estimate of drug-likeness (QED) is 0.305. The Morgan fingerprint density at radius 1 is 0.710 bits per heavy atom. The first-order chi connectivity index (χ1) is 15.3. The summed E-state index contributed by atoms with van der Waals surface area (Å²) in [7, 11) is 0. The predicted molar refractivity (Wildman–Crippen MR) is 122 cm³/mol. The summed E-state index contributed by atoms with van der Waals surface area (Å²) in [6.07, 6.45) is 0. The van der Waals surface area contributed by atoms with Crippen molar-refractivity contribution in [1.29, 1.82) is 0 Å². The van der Waals surface area contributed by atoms with Gasteiger partial charge in [0.2, 0.25) is 0 Å². The number of rotatable bonds is 0. The Balaban J connectivity index is 1.70. The van der Waals surface area contributed by atoms with Gasteiger partial charge in [-0.15, -0.1) is 0 Å². The van der Waals surface area contributed by atoms with Crippen molar-refractivity contribution in [2.45, 2.75) is 12.5 Å². The first-order valence-corrected chi connectivity index (χ1v) is 10.5. The number of ether oxygens (including phenoxy) is 2. The van der Waals surface area contributed by atoms with Crippen LogP contribution in [0.3, 0.4) is 0 Å². The number of aromatic nitrogens is 1. The molecule has 1 spiro atoms. The van der Waals surface area contributed by atoms with Crippen LogP contribution >= 0.6 is 0 Å². The lowest BCUT2D eigenvalue weighted by Crippen LogP contribution is -2.40. The van der Waals surface area contributed by atoms with E-state index < -0.39 is 5.60 Å². The van der Waals surface area contributed by atoms with Gasteiger partial charge in [0.25, 0.3) is 0 Å². The molecule has 2 aliphatic heterocycles. The standard InChI is InChI=1S/C28H19NO2/c1-17-14-15-21-25(16-17)30-24-13-7-4-10-20(24)28(21)26-18-8-2-5-11-22(18)29-27(26)19-9-3-6-12-23(19)31-28/h2-16,29H,1H3. The molecule has 0 saturated heterocycles. The van der Waals surface area contributed by atoms with Crippen LogP contribution in [0.2, 0.25) is 0 Å². The van der Waals surface area contributed by atoms with E-state index in [-0.39, 0.29) is 0 Å². The molecule has 0 amide bonds. The van der Waals surface area contributed by atoms with Gasteiger partial charge in [-0.25, -0.2) is 0 Å². The van der Waals surface area contributed by atoms with Gasteiger partial charge in [0.05, 0.1) is 5.69 Å². The van der Waals surface area contributed by atoms with Crippen molar-refractivity contribution in [3.05, 3.63) is 113 Å². The number of H-pyrrole nitrogens is 1. The second kappa shape index (κ2) is 5.79. The molecule has 3 nitrogen and oxygen atoms in total. The zero-order chi connectivity index (χ0) is 20.6. The number of hydrogen-bond acceptors (Lipinski definition) is 2. The molecular formula is C28H19NO2. The zero-order valence-electron chi connectivity index (χ0n) is 17.0. The van der Waals surface area contributed by atoms with E-state index >= 15 is 0 Å². The summed E-state index contributed by atoms with van der Waals surface area (Å²) < 4.78 is 13.4. The average molecular weight is 401 g/mol. The van der Waals surface area contributed by atoms with Gasteiger partial charge in [0.1, 0.15) is 17.2 Å². The SMILES string of the molecule is Cc1ccc2c(c1)Oc1ccccc1C21Oc2ccccc2-c2[nH]c3ccccc3c21. The Morgan fingerprint density at radius 2 is 1.45 bits per heavy atom. The van der Waals surface area contributed by atoms with Crippen molar-refractivity contribution in [1.82, 2.24) is 4.98 Å². The van der Waals surface area contributed by atoms with Crippen LogP contribution in [-0.2, 0) is 5.60 Å². The molecule has 2 aliphatic rings. The fraction of sp³-hybridized carbons (Fsp3) is 0.0714. The molecule has 0 bridgehead atoms. The third-order valence-electron chi connectivity index (χ3n) is 6.48. The Morgan fingerprint density at radius 3 is 2.39 bits per heavy atom. The number of aryl methyl sites for hydroxylation is 1. The van der Waals surface area contributed by atoms with E-state index in [0.717, 1.165) is 61.7 Å². The van der Waals surface area contributed by atoms with Crippen LogP contribution in [0.25, 0.3) is 22.2 Å². The van der Waals surface area contributed by atoms with E-state index in [2.05, 4.69) is 84.7 Å². The van der Waals surface area contributed by atoms with Crippen molar-refractivity contribution in [2.24, 2.45) is 0 Å². The van der Waals surface area contributed by atoms with Crippen LogP contribution < -0.4 is 9.47 Å². The summed E-state index contributed by atoms with van der Waals surface area (Å²) in [4.78, 5) is 3.70. The number of aromatic amines is 1. The lowest BCUT2D eigenvalue weighted by atomic mass is 9.74. The van der Waals surface area contributed by atoms with Gasteiger partial charge in [-0.2, -0.15) is 0 Å². The van der Waals surface area contributed by atoms with Crippen LogP contribution in [0.4, 0.5) is 0 Å². The van der Waals surface area contributed by atoms with Crippen LogP contribution in [0.15, 0.2) is 91.0 Å². The molecule has 31 heavy (non-hydrogen) atoms. The van der Waals surface area contributed by atoms with Crippen molar-refractivity contribution < 1.29 is 9.47 Å². The normalized spacial score (nSPS) is 17.8. The monoisotopic (exact) mass is 401 g/mol. The maximum atomic E-state index is 7.05. The molecule has 1 N–H and O–H groups in total. The summed E-state index contributed by atoms with van der Waals surface area (Å²) in [5.74, 6) is 2.54. The lowest BCUT2D eigenvalue weighted by Gasteiger charge is -2.43. The molecule has 5 aromatic rings. The molecule has 3 heteroatoms. The third-order valence-corrected chi connectivity index (χ3v) is 6.48. The maximum Gasteiger partial charge on any atom is 0.194 e. The summed E-state index contributed by atoms with van der Waals surface area (Å²) in [6, 6.07) is 31.3. The number of para-hydroxylation sites is 3. The lowest BCUT2D eigenvalue weighted by molar-refractivity contribution is 0.139. The second-order valence-corrected chi connectivity index (χ2v) is 8.30. The molecule has 0 saturated carbocycles. The largest absolute Gasteiger partial charge is 0.472 e. The van der Waals surface area contributed by atoms with E-state index in [1.165, 1.54) is 0 Å². The van der Waals surface area contributed by atoms with Crippen molar-refractivity contribution in [3.8, 4) is 28.5 Å². The molecule has 0 radical (unpaired) electrons. The summed E-state index contributed by atoms with van der Waals surface area (Å²) in [6.45, 7) is 2.09. The number of nitrogens with one attached hydrogen (secondary N) is 1. The second-order valence-electron chi connectivity index (χ2n) is 8.30. The first kappa shape index (κ1) is 16.8. The van der Waals surface area contributed by atoms with E-state index in [1.807, 2.05) is 18.2 Å². The Bertz CT molecular complexity index is 1510. The number of benzene rings is 4. The molecule has 148 valence electrons. The van der Waals surface area contributed by atoms with Crippen molar-refractivity contribution >= 4 is 10.9 Å². The smallest absolute Gasteiger partial charge is 0.194 e. The van der Waals surface area contributed by atoms with Crippen LogP contribution in [-0.4, -0.2) is 4.98 Å². The predicted octanol–water partition coefficient (Wildman–Crippen LogP) is 6.93. The van der Waals surface area contributed by atoms with Gasteiger partial charge in [-0.05, 0) is 42.8 Å². The molecule has 7 rings (SSSR count). The van der Waals surface area contributed by atoms with E-state index in [4.69, 9.17) is 9.47 Å². The topological polar surface area (TPSA) is 34.2 Å². The third kappa shape index (κ3) is 2.08. The molecule has 3 heterocycles. The van der Waals surface area contributed by atoms with E-state index in [9.17, 15) is 0 Å². The van der Waals surface area contributed by atoms with Crippen LogP contribution in [0, 0.1) is 6.92 Å². The molecule has 1 atom stereocenters. The molecule has 0 aliphatic carbocycles. The summed E-state index contributed by atoms with van der Waals surface area (Å²) in [5.41, 5.74) is 6.82. The van der Waals surface area contributed by atoms with E-state index in [0.29, 0.717) is 0 Å². The number of hydrogen-bond donors (Lipinski definition) is 1. The molecule has 4 aromatic carbocycles. The highest BCUT2D eigenvalue weighted by Gasteiger charge is 2.51. The van der Waals surface area contributed by atoms with Crippen LogP contribution in [0.1, 0.15) is 22.3 Å². The highest BCUT2D eigenvalue weighted by molar-refractivity contribution is 5.96. The minimum Gasteiger partial charge on any atom is -0.472 e. The fourth-order valence-electron chi connectivity index (χ4n) is 5.18. The van der Waals surface area contributed by atoms with Crippen molar-refractivity contribution in [2.75, 3.05) is 0 Å². The Labute approximate surface area is 179 Å². The fourth-order valence-corrected chi connectivity index (χ4v) is 5.18. The molecule has 1 aromatic heterocycles. The van der Waals surface area contributed by atoms with Crippen molar-refractivity contribution in [3.63, 3.8) is 0 Å². The van der Waals surface area contributed by atoms with Gasteiger partial charge in [0.15, 0.2) is 5.60 Å². The number of fused-ring (bicyclic) bond motifs is 10. The van der Waals surface area contributed by atoms with Gasteiger partial charge < -0.3 is 14.5 Å². The van der Waals surface area contributed by atoms with E-state index in [1.54, 1.807) is 0 Å². The zero-order valence-corrected chi connectivity index (χ0v) is 17.0. The maximum absolute atomic E-state index is 7.05.